The molecule has 1 aromatic rings. The van der Waals surface area contributed by atoms with E-state index in [1.165, 1.54) is 12.1 Å². The molecular formula is C13H20N4O5S. The monoisotopic (exact) mass is 344 g/mol. The van der Waals surface area contributed by atoms with Crippen LogP contribution in [0.3, 0.4) is 0 Å². The minimum atomic E-state index is -4.01. The van der Waals surface area contributed by atoms with E-state index < -0.39 is 14.9 Å². The average Bonchev–Trinajstić information content (AvgIpc) is 2.52. The zero-order chi connectivity index (χ0) is 17.1. The van der Waals surface area contributed by atoms with Crippen molar-refractivity contribution in [3.05, 3.63) is 28.3 Å². The van der Waals surface area contributed by atoms with Crippen LogP contribution in [0.1, 0.15) is 12.8 Å². The van der Waals surface area contributed by atoms with E-state index in [0.29, 0.717) is 6.54 Å². The van der Waals surface area contributed by atoms with Gasteiger partial charge in [0.05, 0.1) is 16.4 Å². The average molecular weight is 344 g/mol. The Morgan fingerprint density at radius 1 is 1.39 bits per heavy atom. The van der Waals surface area contributed by atoms with Crippen molar-refractivity contribution in [3.8, 4) is 0 Å². The minimum Gasteiger partial charge on any atom is -0.396 e. The van der Waals surface area contributed by atoms with Gasteiger partial charge < -0.3 is 15.7 Å². The number of nitrogens with two attached hydrogens (primary N) is 1. The molecule has 128 valence electrons. The van der Waals surface area contributed by atoms with Crippen molar-refractivity contribution in [2.45, 2.75) is 17.7 Å². The highest BCUT2D eigenvalue weighted by Crippen LogP contribution is 2.32. The topological polar surface area (TPSA) is 148 Å². The standard InChI is InChI=1S/C13H20N4O5S/c14-23(21,22)10-1-2-11(12(7-10)17(19)20)16-8-13(9-18)3-5-15-6-4-13/h1-2,7,15-16,18H,3-6,8-9H2,(H2,14,21,22). The zero-order valence-corrected chi connectivity index (χ0v) is 13.3. The van der Waals surface area contributed by atoms with Crippen LogP contribution in [0.5, 0.6) is 0 Å². The molecule has 1 heterocycles. The van der Waals surface area contributed by atoms with Crippen LogP contribution in [0.15, 0.2) is 23.1 Å². The molecule has 1 aliphatic heterocycles. The molecule has 0 amide bonds. The molecule has 5 N–H and O–H groups in total. The SMILES string of the molecule is NS(=O)(=O)c1ccc(NCC2(CO)CCNCC2)c([N+](=O)[O-])c1. The number of nitrogens with zero attached hydrogens (tertiary/aromatic N) is 1. The molecule has 0 aliphatic carbocycles. The van der Waals surface area contributed by atoms with Gasteiger partial charge in [0, 0.05) is 18.0 Å². The summed E-state index contributed by atoms with van der Waals surface area (Å²) in [7, 11) is -4.01. The summed E-state index contributed by atoms with van der Waals surface area (Å²) in [5.41, 5.74) is -0.509. The van der Waals surface area contributed by atoms with Gasteiger partial charge in [0.2, 0.25) is 10.0 Å². The van der Waals surface area contributed by atoms with Crippen LogP contribution in [0.2, 0.25) is 0 Å². The molecule has 1 aromatic carbocycles. The number of piperidine rings is 1. The number of aliphatic hydroxyl groups is 1. The van der Waals surface area contributed by atoms with Gasteiger partial charge in [-0.05, 0) is 38.1 Å². The largest absolute Gasteiger partial charge is 0.396 e. The normalized spacial score (nSPS) is 17.7. The summed E-state index contributed by atoms with van der Waals surface area (Å²) in [4.78, 5) is 10.2. The van der Waals surface area contributed by atoms with Crippen molar-refractivity contribution in [2.75, 3.05) is 31.6 Å². The highest BCUT2D eigenvalue weighted by molar-refractivity contribution is 7.89. The molecular weight excluding hydrogens is 324 g/mol. The number of hydrogen-bond acceptors (Lipinski definition) is 7. The first kappa shape index (κ1) is 17.6. The van der Waals surface area contributed by atoms with E-state index in [-0.39, 0.29) is 28.3 Å². The van der Waals surface area contributed by atoms with Crippen LogP contribution in [-0.4, -0.2) is 44.7 Å². The highest BCUT2D eigenvalue weighted by atomic mass is 32.2. The number of nitro groups is 1. The lowest BCUT2D eigenvalue weighted by molar-refractivity contribution is -0.384. The third-order valence-electron chi connectivity index (χ3n) is 4.15. The molecule has 1 saturated heterocycles. The third-order valence-corrected chi connectivity index (χ3v) is 5.06. The number of anilines is 1. The van der Waals surface area contributed by atoms with Crippen molar-refractivity contribution in [3.63, 3.8) is 0 Å². The van der Waals surface area contributed by atoms with Gasteiger partial charge in [-0.15, -0.1) is 0 Å². The molecule has 0 spiro atoms. The van der Waals surface area contributed by atoms with Gasteiger partial charge in [0.25, 0.3) is 5.69 Å². The molecule has 9 nitrogen and oxygen atoms in total. The second-order valence-corrected chi connectivity index (χ2v) is 7.30. The fourth-order valence-electron chi connectivity index (χ4n) is 2.62. The first-order valence-electron chi connectivity index (χ1n) is 7.14. The van der Waals surface area contributed by atoms with Crippen molar-refractivity contribution in [1.82, 2.24) is 5.32 Å². The van der Waals surface area contributed by atoms with Crippen molar-refractivity contribution in [2.24, 2.45) is 10.6 Å². The maximum absolute atomic E-state index is 11.3. The third kappa shape index (κ3) is 4.16. The highest BCUT2D eigenvalue weighted by Gasteiger charge is 2.32. The predicted molar refractivity (Wildman–Crippen MR) is 84.6 cm³/mol. The molecule has 0 saturated carbocycles. The summed E-state index contributed by atoms with van der Waals surface area (Å²) in [6.45, 7) is 1.88. The fourth-order valence-corrected chi connectivity index (χ4v) is 3.15. The number of primary sulfonamides is 1. The first-order chi connectivity index (χ1) is 10.8. The maximum Gasteiger partial charge on any atom is 0.293 e. The van der Waals surface area contributed by atoms with Gasteiger partial charge in [-0.3, -0.25) is 10.1 Å². The van der Waals surface area contributed by atoms with E-state index in [2.05, 4.69) is 10.6 Å². The van der Waals surface area contributed by atoms with Gasteiger partial charge in [0.1, 0.15) is 5.69 Å². The Balaban J connectivity index is 2.24. The number of sulfonamides is 1. The number of benzene rings is 1. The summed E-state index contributed by atoms with van der Waals surface area (Å²) in [5, 5.41) is 32.0. The smallest absolute Gasteiger partial charge is 0.293 e. The lowest BCUT2D eigenvalue weighted by Gasteiger charge is -2.36. The number of nitrogens with one attached hydrogen (secondary N) is 2. The summed E-state index contributed by atoms with van der Waals surface area (Å²) in [6.07, 6.45) is 1.50. The number of hydrogen-bond donors (Lipinski definition) is 4. The van der Waals surface area contributed by atoms with Crippen LogP contribution in [-0.2, 0) is 10.0 Å². The Morgan fingerprint density at radius 3 is 2.57 bits per heavy atom. The molecule has 23 heavy (non-hydrogen) atoms. The molecule has 0 atom stereocenters. The lowest BCUT2D eigenvalue weighted by Crippen LogP contribution is -2.43. The molecule has 0 radical (unpaired) electrons. The van der Waals surface area contributed by atoms with E-state index in [9.17, 15) is 23.6 Å². The summed E-state index contributed by atoms with van der Waals surface area (Å²) >= 11 is 0. The number of aliphatic hydroxyl groups excluding tert-OH is 1. The van der Waals surface area contributed by atoms with E-state index in [1.807, 2.05) is 0 Å². The predicted octanol–water partition coefficient (Wildman–Crippen LogP) is 0.0162. The quantitative estimate of drug-likeness (QED) is 0.420. The Hall–Kier alpha value is -1.75. The Labute approximate surface area is 134 Å². The van der Waals surface area contributed by atoms with E-state index >= 15 is 0 Å². The van der Waals surface area contributed by atoms with Crippen molar-refractivity contribution < 1.29 is 18.4 Å². The van der Waals surface area contributed by atoms with E-state index in [4.69, 9.17) is 5.14 Å². The second-order valence-electron chi connectivity index (χ2n) is 5.74. The van der Waals surface area contributed by atoms with Gasteiger partial charge >= 0.3 is 0 Å². The second kappa shape index (κ2) is 6.79. The van der Waals surface area contributed by atoms with Crippen LogP contribution >= 0.6 is 0 Å². The van der Waals surface area contributed by atoms with Gasteiger partial charge in [-0.1, -0.05) is 0 Å². The number of rotatable bonds is 6. The van der Waals surface area contributed by atoms with E-state index in [0.717, 1.165) is 32.0 Å². The first-order valence-corrected chi connectivity index (χ1v) is 8.69. The minimum absolute atomic E-state index is 0.0231. The van der Waals surface area contributed by atoms with Crippen LogP contribution < -0.4 is 15.8 Å². The van der Waals surface area contributed by atoms with Crippen LogP contribution in [0.4, 0.5) is 11.4 Å². The Kier molecular flexibility index (Phi) is 5.19. The summed E-state index contributed by atoms with van der Waals surface area (Å²) in [5.74, 6) is 0. The number of nitro benzene ring substituents is 1. The zero-order valence-electron chi connectivity index (χ0n) is 12.5. The van der Waals surface area contributed by atoms with Crippen LogP contribution in [0.25, 0.3) is 0 Å². The van der Waals surface area contributed by atoms with Gasteiger partial charge in [-0.2, -0.15) is 0 Å². The molecule has 0 bridgehead atoms. The van der Waals surface area contributed by atoms with Crippen molar-refractivity contribution >= 4 is 21.4 Å². The summed E-state index contributed by atoms with van der Waals surface area (Å²) in [6, 6.07) is 3.48. The molecule has 0 aromatic heterocycles. The van der Waals surface area contributed by atoms with Gasteiger partial charge in [-0.25, -0.2) is 13.6 Å². The Morgan fingerprint density at radius 2 is 2.04 bits per heavy atom. The van der Waals surface area contributed by atoms with Crippen molar-refractivity contribution in [1.29, 1.82) is 0 Å². The van der Waals surface area contributed by atoms with E-state index in [1.54, 1.807) is 0 Å². The van der Waals surface area contributed by atoms with Gasteiger partial charge in [0.15, 0.2) is 0 Å². The molecule has 1 fully saturated rings. The summed E-state index contributed by atoms with van der Waals surface area (Å²) < 4.78 is 22.6. The molecule has 10 heteroatoms. The lowest BCUT2D eigenvalue weighted by atomic mass is 9.79. The Bertz CT molecular complexity index is 686. The van der Waals surface area contributed by atoms with Crippen LogP contribution in [0, 0.1) is 15.5 Å². The fraction of sp³-hybridized carbons (Fsp3) is 0.538. The molecule has 2 rings (SSSR count). The molecule has 1 aliphatic rings. The maximum atomic E-state index is 11.3. The molecule has 0 unspecified atom stereocenters.